The molecule has 136 valence electrons. The molecule has 2 aromatic rings. The minimum absolute atomic E-state index is 0.0965. The van der Waals surface area contributed by atoms with Gasteiger partial charge in [0.25, 0.3) is 0 Å². The van der Waals surface area contributed by atoms with Crippen LogP contribution in [0.2, 0.25) is 0 Å². The fourth-order valence-corrected chi connectivity index (χ4v) is 6.32. The molecule has 5 nitrogen and oxygen atoms in total. The summed E-state index contributed by atoms with van der Waals surface area (Å²) in [6.45, 7) is 0. The van der Waals surface area contributed by atoms with Crippen LogP contribution in [0.3, 0.4) is 0 Å². The van der Waals surface area contributed by atoms with Crippen molar-refractivity contribution in [3.8, 4) is 5.75 Å². The minimum Gasteiger partial charge on any atom is -0.497 e. The molecule has 0 spiro atoms. The van der Waals surface area contributed by atoms with E-state index in [0.717, 1.165) is 22.4 Å². The quantitative estimate of drug-likeness (QED) is 0.806. The molecule has 2 aliphatic rings. The van der Waals surface area contributed by atoms with Crippen molar-refractivity contribution in [1.82, 2.24) is 0 Å². The number of sulfone groups is 1. The van der Waals surface area contributed by atoms with Crippen LogP contribution in [0, 0.1) is 0 Å². The van der Waals surface area contributed by atoms with Crippen molar-refractivity contribution >= 4 is 32.5 Å². The maximum absolute atomic E-state index is 12.1. The molecule has 2 aliphatic heterocycles. The first-order valence-corrected chi connectivity index (χ1v) is 11.2. The Balaban J connectivity index is 1.56. The number of amidine groups is 1. The van der Waals surface area contributed by atoms with Gasteiger partial charge in [-0.2, -0.15) is 0 Å². The van der Waals surface area contributed by atoms with Gasteiger partial charge in [-0.15, -0.1) is 0 Å². The molecule has 2 atom stereocenters. The van der Waals surface area contributed by atoms with E-state index < -0.39 is 9.84 Å². The summed E-state index contributed by atoms with van der Waals surface area (Å²) in [5.41, 5.74) is 2.18. The van der Waals surface area contributed by atoms with Crippen LogP contribution in [0.15, 0.2) is 59.6 Å². The molecule has 2 aromatic carbocycles. The summed E-state index contributed by atoms with van der Waals surface area (Å²) in [6, 6.07) is 17.6. The molecule has 0 aliphatic carbocycles. The molecule has 26 heavy (non-hydrogen) atoms. The first kappa shape index (κ1) is 17.4. The maximum atomic E-state index is 12.1. The third-order valence-electron chi connectivity index (χ3n) is 4.67. The summed E-state index contributed by atoms with van der Waals surface area (Å²) in [6.07, 6.45) is 0. The molecule has 0 N–H and O–H groups in total. The molecule has 0 bridgehead atoms. The highest BCUT2D eigenvalue weighted by Crippen LogP contribution is 2.35. The van der Waals surface area contributed by atoms with Crippen LogP contribution in [-0.4, -0.2) is 44.3 Å². The number of benzene rings is 2. The van der Waals surface area contributed by atoms with Crippen molar-refractivity contribution in [2.24, 2.45) is 4.99 Å². The fraction of sp³-hybridized carbons (Fsp3) is 0.316. The van der Waals surface area contributed by atoms with Gasteiger partial charge in [0, 0.05) is 11.4 Å². The minimum atomic E-state index is -3.02. The van der Waals surface area contributed by atoms with Gasteiger partial charge in [0.15, 0.2) is 15.0 Å². The monoisotopic (exact) mass is 388 g/mol. The van der Waals surface area contributed by atoms with Crippen LogP contribution in [-0.2, 0) is 15.6 Å². The predicted molar refractivity (Wildman–Crippen MR) is 107 cm³/mol. The zero-order valence-electron chi connectivity index (χ0n) is 14.4. The van der Waals surface area contributed by atoms with Gasteiger partial charge in [0.05, 0.1) is 30.7 Å². The van der Waals surface area contributed by atoms with Crippen molar-refractivity contribution in [1.29, 1.82) is 0 Å². The molecule has 4 rings (SSSR count). The summed E-state index contributed by atoms with van der Waals surface area (Å²) in [5.74, 6) is 1.93. The molecule has 0 radical (unpaired) electrons. The number of hydrogen-bond donors (Lipinski definition) is 0. The molecule has 7 heteroatoms. The van der Waals surface area contributed by atoms with Crippen LogP contribution in [0.5, 0.6) is 5.75 Å². The van der Waals surface area contributed by atoms with Crippen molar-refractivity contribution < 1.29 is 13.2 Å². The Kier molecular flexibility index (Phi) is 4.67. The maximum Gasteiger partial charge on any atom is 0.164 e. The first-order chi connectivity index (χ1) is 12.6. The first-order valence-electron chi connectivity index (χ1n) is 8.44. The smallest absolute Gasteiger partial charge is 0.164 e. The van der Waals surface area contributed by atoms with Crippen molar-refractivity contribution in [2.75, 3.05) is 23.5 Å². The zero-order chi connectivity index (χ0) is 18.1. The lowest BCUT2D eigenvalue weighted by atomic mass is 10.1. The number of thioether (sulfide) groups is 1. The number of nitrogens with zero attached hydrogens (tertiary/aromatic N) is 2. The molecule has 1 fully saturated rings. The van der Waals surface area contributed by atoms with E-state index >= 15 is 0 Å². The fourth-order valence-electron chi connectivity index (χ4n) is 3.39. The summed E-state index contributed by atoms with van der Waals surface area (Å²) in [4.78, 5) is 6.85. The van der Waals surface area contributed by atoms with Crippen LogP contribution in [0.25, 0.3) is 0 Å². The van der Waals surface area contributed by atoms with E-state index in [0.29, 0.717) is 0 Å². The van der Waals surface area contributed by atoms with Gasteiger partial charge in [-0.1, -0.05) is 42.1 Å². The molecule has 1 saturated heterocycles. The van der Waals surface area contributed by atoms with E-state index in [-0.39, 0.29) is 23.6 Å². The molecular formula is C19H20N2O3S2. The molecule has 0 amide bonds. The number of fused-ring (bicyclic) bond motifs is 1. The average molecular weight is 389 g/mol. The Labute approximate surface area is 158 Å². The third kappa shape index (κ3) is 3.46. The number of aliphatic imine (C=N–C) groups is 1. The number of anilines is 1. The molecular weight excluding hydrogens is 368 g/mol. The van der Waals surface area contributed by atoms with Crippen molar-refractivity contribution in [2.45, 2.75) is 17.8 Å². The second-order valence-electron chi connectivity index (χ2n) is 6.47. The van der Waals surface area contributed by atoms with Gasteiger partial charge in [0.2, 0.25) is 0 Å². The van der Waals surface area contributed by atoms with E-state index in [1.165, 1.54) is 5.56 Å². The van der Waals surface area contributed by atoms with E-state index in [4.69, 9.17) is 9.73 Å². The number of rotatable bonds is 4. The van der Waals surface area contributed by atoms with Crippen LogP contribution < -0.4 is 9.64 Å². The van der Waals surface area contributed by atoms with E-state index in [9.17, 15) is 8.42 Å². The van der Waals surface area contributed by atoms with E-state index in [1.54, 1.807) is 18.9 Å². The number of ether oxygens (including phenoxy) is 1. The lowest BCUT2D eigenvalue weighted by molar-refractivity contribution is 0.414. The van der Waals surface area contributed by atoms with Gasteiger partial charge in [0.1, 0.15) is 5.75 Å². The van der Waals surface area contributed by atoms with Crippen LogP contribution in [0.1, 0.15) is 5.56 Å². The topological polar surface area (TPSA) is 59.0 Å². The third-order valence-corrected chi connectivity index (χ3v) is 7.41. The number of methoxy groups -OCH3 is 1. The Hall–Kier alpha value is -1.99. The average Bonchev–Trinajstić information content (AvgIpc) is 3.12. The molecule has 0 unspecified atom stereocenters. The second-order valence-corrected chi connectivity index (χ2v) is 9.56. The van der Waals surface area contributed by atoms with Crippen LogP contribution >= 0.6 is 11.8 Å². The lowest BCUT2D eigenvalue weighted by Crippen LogP contribution is -2.39. The van der Waals surface area contributed by atoms with Gasteiger partial charge in [-0.05, 0) is 29.8 Å². The Morgan fingerprint density at radius 2 is 1.85 bits per heavy atom. The summed E-state index contributed by atoms with van der Waals surface area (Å²) >= 11 is 1.65. The van der Waals surface area contributed by atoms with Gasteiger partial charge in [-0.25, -0.2) is 8.42 Å². The SMILES string of the molecule is COc1ccc(CSC2=N[C@H]3CS(=O)(=O)C[C@H]3N2c2ccccc2)cc1. The largest absolute Gasteiger partial charge is 0.497 e. The van der Waals surface area contributed by atoms with Gasteiger partial charge in [-0.3, -0.25) is 4.99 Å². The van der Waals surface area contributed by atoms with Gasteiger partial charge < -0.3 is 9.64 Å². The summed E-state index contributed by atoms with van der Waals surface area (Å²) in [5, 5.41) is 0.900. The number of para-hydroxylation sites is 1. The highest BCUT2D eigenvalue weighted by atomic mass is 32.2. The van der Waals surface area contributed by atoms with Crippen molar-refractivity contribution in [3.63, 3.8) is 0 Å². The highest BCUT2D eigenvalue weighted by Gasteiger charge is 2.47. The standard InChI is InChI=1S/C19H20N2O3S2/c1-24-16-9-7-14(8-10-16)11-25-19-20-17-12-26(22,23)13-18(17)21(19)15-5-3-2-4-6-15/h2-10,17-18H,11-13H2,1H3/t17-,18+/m0/s1. The predicted octanol–water partition coefficient (Wildman–Crippen LogP) is 2.97. The Bertz CT molecular complexity index is 912. The Morgan fingerprint density at radius 3 is 2.54 bits per heavy atom. The normalized spacial score (nSPS) is 23.6. The zero-order valence-corrected chi connectivity index (χ0v) is 16.0. The lowest BCUT2D eigenvalue weighted by Gasteiger charge is -2.26. The number of hydrogen-bond acceptors (Lipinski definition) is 6. The highest BCUT2D eigenvalue weighted by molar-refractivity contribution is 8.13. The summed E-state index contributed by atoms with van der Waals surface area (Å²) in [7, 11) is -1.36. The van der Waals surface area contributed by atoms with E-state index in [1.807, 2.05) is 54.6 Å². The van der Waals surface area contributed by atoms with E-state index in [2.05, 4.69) is 4.90 Å². The molecule has 2 heterocycles. The Morgan fingerprint density at radius 1 is 1.12 bits per heavy atom. The second kappa shape index (κ2) is 6.96. The van der Waals surface area contributed by atoms with Gasteiger partial charge >= 0.3 is 0 Å². The molecule has 0 aromatic heterocycles. The molecule has 0 saturated carbocycles. The van der Waals surface area contributed by atoms with Crippen molar-refractivity contribution in [3.05, 3.63) is 60.2 Å². The van der Waals surface area contributed by atoms with Crippen LogP contribution in [0.4, 0.5) is 5.69 Å². The summed E-state index contributed by atoms with van der Waals surface area (Å²) < 4.78 is 29.3.